The molecule has 4 unspecified atom stereocenters. The van der Waals surface area contributed by atoms with Gasteiger partial charge in [-0.3, -0.25) is 0 Å². The maximum atomic E-state index is 12.7. The summed E-state index contributed by atoms with van der Waals surface area (Å²) in [5.41, 5.74) is 6.30. The molecule has 1 aliphatic rings. The molecule has 0 saturated carbocycles. The minimum Gasteiger partial charge on any atom is -0.326 e. The summed E-state index contributed by atoms with van der Waals surface area (Å²) in [4.78, 5) is 0. The largest absolute Gasteiger partial charge is 0.416 e. The second-order valence-corrected chi connectivity index (χ2v) is 8.52. The molecule has 2 rings (SSSR count). The first-order valence-electron chi connectivity index (χ1n) is 6.96. The van der Waals surface area contributed by atoms with Crippen LogP contribution in [0.4, 0.5) is 13.2 Å². The monoisotopic (exact) mass is 335 g/mol. The topological polar surface area (TPSA) is 26.0 Å². The quantitative estimate of drug-likeness (QED) is 0.896. The van der Waals surface area contributed by atoms with Crippen molar-refractivity contribution >= 4 is 23.5 Å². The van der Waals surface area contributed by atoms with E-state index in [-0.39, 0.29) is 6.04 Å². The maximum absolute atomic E-state index is 12.7. The van der Waals surface area contributed by atoms with Gasteiger partial charge < -0.3 is 5.73 Å². The van der Waals surface area contributed by atoms with Crippen LogP contribution in [-0.4, -0.2) is 27.5 Å². The van der Waals surface area contributed by atoms with E-state index in [0.717, 1.165) is 11.8 Å². The summed E-state index contributed by atoms with van der Waals surface area (Å²) in [5.74, 6) is 0.969. The van der Waals surface area contributed by atoms with E-state index in [0.29, 0.717) is 27.7 Å². The van der Waals surface area contributed by atoms with Crippen molar-refractivity contribution in [2.75, 3.05) is 5.75 Å². The van der Waals surface area contributed by atoms with Crippen LogP contribution in [0.1, 0.15) is 25.0 Å². The Morgan fingerprint density at radius 1 is 1.29 bits per heavy atom. The molecule has 6 heteroatoms. The minimum absolute atomic E-state index is 0.110. The van der Waals surface area contributed by atoms with E-state index < -0.39 is 11.7 Å². The van der Waals surface area contributed by atoms with E-state index in [1.807, 2.05) is 23.5 Å². The first kappa shape index (κ1) is 17.0. The third kappa shape index (κ3) is 4.57. The van der Waals surface area contributed by atoms with Gasteiger partial charge in [-0.15, -0.1) is 0 Å². The van der Waals surface area contributed by atoms with Crippen molar-refractivity contribution in [3.63, 3.8) is 0 Å². The zero-order valence-corrected chi connectivity index (χ0v) is 13.7. The van der Waals surface area contributed by atoms with Crippen molar-refractivity contribution in [1.29, 1.82) is 0 Å². The van der Waals surface area contributed by atoms with Gasteiger partial charge in [0.25, 0.3) is 0 Å². The van der Waals surface area contributed by atoms with Gasteiger partial charge in [-0.2, -0.15) is 36.7 Å². The average Bonchev–Trinajstić information content (AvgIpc) is 2.41. The van der Waals surface area contributed by atoms with E-state index in [9.17, 15) is 13.2 Å². The molecule has 0 amide bonds. The fourth-order valence-electron chi connectivity index (χ4n) is 2.31. The Balaban J connectivity index is 2.01. The molecule has 1 heterocycles. The van der Waals surface area contributed by atoms with Crippen LogP contribution in [0.3, 0.4) is 0 Å². The Morgan fingerprint density at radius 3 is 2.62 bits per heavy atom. The molecule has 1 aliphatic heterocycles. The molecule has 2 N–H and O–H groups in total. The van der Waals surface area contributed by atoms with E-state index in [4.69, 9.17) is 5.73 Å². The smallest absolute Gasteiger partial charge is 0.326 e. The summed E-state index contributed by atoms with van der Waals surface area (Å²) < 4.78 is 38.1. The van der Waals surface area contributed by atoms with Gasteiger partial charge in [0.1, 0.15) is 0 Å². The van der Waals surface area contributed by atoms with Crippen molar-refractivity contribution in [3.8, 4) is 0 Å². The Labute approximate surface area is 132 Å². The highest BCUT2D eigenvalue weighted by molar-refractivity contribution is 8.07. The summed E-state index contributed by atoms with van der Waals surface area (Å²) in [6, 6.07) is 5.39. The number of hydrogen-bond acceptors (Lipinski definition) is 3. The Morgan fingerprint density at radius 2 is 2.00 bits per heavy atom. The lowest BCUT2D eigenvalue weighted by atomic mass is 10.0. The van der Waals surface area contributed by atoms with Crippen LogP contribution in [0.25, 0.3) is 0 Å². The number of hydrogen-bond donors (Lipinski definition) is 1. The van der Waals surface area contributed by atoms with Gasteiger partial charge in [-0.05, 0) is 18.1 Å². The molecule has 0 aliphatic carbocycles. The second kappa shape index (κ2) is 6.84. The van der Waals surface area contributed by atoms with Crippen molar-refractivity contribution in [1.82, 2.24) is 0 Å². The molecule has 118 valence electrons. The average molecular weight is 335 g/mol. The predicted octanol–water partition coefficient (Wildman–Crippen LogP) is 4.20. The van der Waals surface area contributed by atoms with E-state index in [1.165, 1.54) is 12.1 Å². The SMILES string of the molecule is CC1SCC(C(N)Cc2cccc(C(F)(F)F)c2)SC1C. The molecule has 4 atom stereocenters. The summed E-state index contributed by atoms with van der Waals surface area (Å²) in [5, 5.41) is 1.43. The van der Waals surface area contributed by atoms with Crippen molar-refractivity contribution in [2.45, 2.75) is 48.2 Å². The molecule has 1 aromatic rings. The number of halogens is 3. The normalized spacial score (nSPS) is 28.4. The van der Waals surface area contributed by atoms with Gasteiger partial charge in [-0.1, -0.05) is 32.0 Å². The van der Waals surface area contributed by atoms with E-state index in [1.54, 1.807) is 6.07 Å². The van der Waals surface area contributed by atoms with Gasteiger partial charge in [-0.25, -0.2) is 0 Å². The van der Waals surface area contributed by atoms with Gasteiger partial charge >= 0.3 is 6.18 Å². The summed E-state index contributed by atoms with van der Waals surface area (Å²) in [6.07, 6.45) is -3.80. The molecule has 1 nitrogen and oxygen atoms in total. The van der Waals surface area contributed by atoms with Gasteiger partial charge in [0.05, 0.1) is 5.56 Å². The number of rotatable bonds is 3. The van der Waals surface area contributed by atoms with Gasteiger partial charge in [0.2, 0.25) is 0 Å². The van der Waals surface area contributed by atoms with Crippen LogP contribution < -0.4 is 5.73 Å². The fourth-order valence-corrected chi connectivity index (χ4v) is 5.37. The Bertz CT molecular complexity index is 478. The van der Waals surface area contributed by atoms with Crippen molar-refractivity contribution in [2.24, 2.45) is 5.73 Å². The molecule has 21 heavy (non-hydrogen) atoms. The highest BCUT2D eigenvalue weighted by atomic mass is 32.2. The van der Waals surface area contributed by atoms with Crippen LogP contribution in [0.5, 0.6) is 0 Å². The molecule has 0 bridgehead atoms. The van der Waals surface area contributed by atoms with Crippen LogP contribution >= 0.6 is 23.5 Å². The van der Waals surface area contributed by atoms with E-state index >= 15 is 0 Å². The summed E-state index contributed by atoms with van der Waals surface area (Å²) in [7, 11) is 0. The molecule has 1 aromatic carbocycles. The Hall–Kier alpha value is -0.330. The predicted molar refractivity (Wildman–Crippen MR) is 85.9 cm³/mol. The highest BCUT2D eigenvalue weighted by Crippen LogP contribution is 2.37. The molecule has 0 aromatic heterocycles. The number of benzene rings is 1. The molecule has 0 spiro atoms. The van der Waals surface area contributed by atoms with Gasteiger partial charge in [0.15, 0.2) is 0 Å². The van der Waals surface area contributed by atoms with Gasteiger partial charge in [0, 0.05) is 27.5 Å². The molecular weight excluding hydrogens is 315 g/mol. The third-order valence-electron chi connectivity index (χ3n) is 3.78. The zero-order valence-electron chi connectivity index (χ0n) is 12.1. The van der Waals surface area contributed by atoms with Crippen LogP contribution in [-0.2, 0) is 12.6 Å². The van der Waals surface area contributed by atoms with Crippen LogP contribution in [0.2, 0.25) is 0 Å². The standard InChI is InChI=1S/C15H20F3NS2/c1-9-10(2)21-14(8-20-9)13(19)7-11-4-3-5-12(6-11)15(16,17)18/h3-6,9-10,13-14H,7-8,19H2,1-2H3. The molecular formula is C15H20F3NS2. The number of alkyl halides is 3. The van der Waals surface area contributed by atoms with Crippen molar-refractivity contribution in [3.05, 3.63) is 35.4 Å². The first-order valence-corrected chi connectivity index (χ1v) is 8.95. The maximum Gasteiger partial charge on any atom is 0.416 e. The molecule has 1 fully saturated rings. The number of nitrogens with two attached hydrogens (primary N) is 1. The Kier molecular flexibility index (Phi) is 5.54. The van der Waals surface area contributed by atoms with Crippen molar-refractivity contribution < 1.29 is 13.2 Å². The summed E-state index contributed by atoms with van der Waals surface area (Å²) >= 11 is 3.76. The minimum atomic E-state index is -4.29. The third-order valence-corrected chi connectivity index (χ3v) is 7.35. The fraction of sp³-hybridized carbons (Fsp3) is 0.600. The second-order valence-electron chi connectivity index (χ2n) is 5.48. The number of thioether (sulfide) groups is 2. The van der Waals surface area contributed by atoms with Crippen LogP contribution in [0, 0.1) is 0 Å². The molecule has 0 radical (unpaired) electrons. The van der Waals surface area contributed by atoms with E-state index in [2.05, 4.69) is 13.8 Å². The lowest BCUT2D eigenvalue weighted by Gasteiger charge is -2.34. The lowest BCUT2D eigenvalue weighted by Crippen LogP contribution is -2.41. The first-order chi connectivity index (χ1) is 9.77. The lowest BCUT2D eigenvalue weighted by molar-refractivity contribution is -0.137. The highest BCUT2D eigenvalue weighted by Gasteiger charge is 2.32. The summed E-state index contributed by atoms with van der Waals surface area (Å²) in [6.45, 7) is 4.39. The van der Waals surface area contributed by atoms with Crippen LogP contribution in [0.15, 0.2) is 24.3 Å². The zero-order chi connectivity index (χ0) is 15.6. The molecule has 1 saturated heterocycles.